The van der Waals surface area contributed by atoms with Crippen LogP contribution >= 0.6 is 0 Å². The van der Waals surface area contributed by atoms with Crippen molar-refractivity contribution in [3.05, 3.63) is 70.1 Å². The number of likely N-dealkylation sites (tertiary alicyclic amines) is 1. The van der Waals surface area contributed by atoms with E-state index in [0.29, 0.717) is 31.5 Å². The van der Waals surface area contributed by atoms with E-state index in [1.165, 1.54) is 0 Å². The quantitative estimate of drug-likeness (QED) is 0.477. The van der Waals surface area contributed by atoms with Crippen molar-refractivity contribution >= 4 is 17.6 Å². The number of nitrogens with one attached hydrogen (secondary N) is 1. The highest BCUT2D eigenvalue weighted by Crippen LogP contribution is 2.40. The predicted octanol–water partition coefficient (Wildman–Crippen LogP) is 4.00. The van der Waals surface area contributed by atoms with Crippen LogP contribution in [0.2, 0.25) is 0 Å². The molecule has 2 aromatic rings. The second kappa shape index (κ2) is 9.64. The second-order valence-corrected chi connectivity index (χ2v) is 8.84. The number of aliphatic carboxylic acids is 1. The number of carbonyl (C=O) groups is 2. The lowest BCUT2D eigenvalue weighted by molar-refractivity contribution is -0.138. The Morgan fingerprint density at radius 1 is 1.09 bits per heavy atom. The monoisotopic (exact) mass is 464 g/mol. The van der Waals surface area contributed by atoms with Gasteiger partial charge in [-0.15, -0.1) is 10.2 Å². The van der Waals surface area contributed by atoms with Crippen LogP contribution in [0.15, 0.2) is 58.1 Å². The molecule has 1 fully saturated rings. The van der Waals surface area contributed by atoms with Crippen molar-refractivity contribution in [2.75, 3.05) is 19.6 Å². The Kier molecular flexibility index (Phi) is 6.65. The zero-order valence-electron chi connectivity index (χ0n) is 19.2. The van der Waals surface area contributed by atoms with Crippen LogP contribution in [0.5, 0.6) is 5.75 Å². The van der Waals surface area contributed by atoms with Gasteiger partial charge in [0.15, 0.2) is 11.5 Å². The number of benzene rings is 2. The van der Waals surface area contributed by atoms with Crippen LogP contribution in [0.1, 0.15) is 47.1 Å². The number of azo groups is 1. The van der Waals surface area contributed by atoms with E-state index in [2.05, 4.69) is 15.5 Å². The molecule has 2 aliphatic rings. The van der Waals surface area contributed by atoms with Gasteiger partial charge in [-0.05, 0) is 74.0 Å². The highest BCUT2D eigenvalue weighted by molar-refractivity contribution is 5.96. The van der Waals surface area contributed by atoms with E-state index >= 15 is 0 Å². The lowest BCUT2D eigenvalue weighted by Crippen LogP contribution is -2.36. The molecular formula is C25H28N4O5. The smallest absolute Gasteiger partial charge is 0.317 e. The average molecular weight is 465 g/mol. The Hall–Kier alpha value is -3.72. The number of carbonyl (C=O) groups excluding carboxylic acids is 1. The Labute approximate surface area is 197 Å². The number of hydrogen-bond donors (Lipinski definition) is 4. The number of aliphatic hydroxyl groups excluding tert-OH is 1. The lowest BCUT2D eigenvalue weighted by atomic mass is 9.88. The Balaban J connectivity index is 1.52. The minimum absolute atomic E-state index is 0.0107. The van der Waals surface area contributed by atoms with Crippen molar-refractivity contribution in [1.82, 2.24) is 10.2 Å². The first-order valence-electron chi connectivity index (χ1n) is 11.2. The lowest BCUT2D eigenvalue weighted by Gasteiger charge is -2.31. The minimum atomic E-state index is -0.850. The van der Waals surface area contributed by atoms with Crippen LogP contribution in [0.25, 0.3) is 0 Å². The van der Waals surface area contributed by atoms with Gasteiger partial charge in [0.2, 0.25) is 0 Å². The molecule has 0 bridgehead atoms. The number of phenolic OH excluding ortho intramolecular Hbond substituents is 1. The number of para-hydroxylation sites is 1. The zero-order chi connectivity index (χ0) is 24.4. The Morgan fingerprint density at radius 2 is 1.82 bits per heavy atom. The molecule has 2 heterocycles. The van der Waals surface area contributed by atoms with E-state index in [-0.39, 0.29) is 35.4 Å². The molecule has 4 N–H and O–H groups in total. The summed E-state index contributed by atoms with van der Waals surface area (Å²) in [5.41, 5.74) is 3.64. The molecule has 178 valence electrons. The highest BCUT2D eigenvalue weighted by Gasteiger charge is 2.33. The highest BCUT2D eigenvalue weighted by atomic mass is 16.4. The van der Waals surface area contributed by atoms with Crippen molar-refractivity contribution in [2.45, 2.75) is 38.6 Å². The van der Waals surface area contributed by atoms with Gasteiger partial charge in [-0.1, -0.05) is 30.3 Å². The number of piperidine rings is 1. The van der Waals surface area contributed by atoms with Crippen molar-refractivity contribution in [1.29, 1.82) is 0 Å². The first-order chi connectivity index (χ1) is 16.2. The van der Waals surface area contributed by atoms with Crippen molar-refractivity contribution in [3.8, 4) is 5.75 Å². The van der Waals surface area contributed by atoms with Crippen molar-refractivity contribution in [3.63, 3.8) is 0 Å². The van der Waals surface area contributed by atoms with E-state index in [0.717, 1.165) is 16.7 Å². The molecule has 0 aromatic heterocycles. The van der Waals surface area contributed by atoms with Crippen LogP contribution in [0, 0.1) is 13.8 Å². The van der Waals surface area contributed by atoms with Crippen molar-refractivity contribution in [2.24, 2.45) is 10.2 Å². The van der Waals surface area contributed by atoms with Crippen LogP contribution in [0.4, 0.5) is 5.69 Å². The summed E-state index contributed by atoms with van der Waals surface area (Å²) in [6, 6.07) is 10.2. The van der Waals surface area contributed by atoms with Gasteiger partial charge >= 0.3 is 5.97 Å². The fourth-order valence-corrected chi connectivity index (χ4v) is 4.46. The van der Waals surface area contributed by atoms with E-state index in [4.69, 9.17) is 5.11 Å². The third-order valence-corrected chi connectivity index (χ3v) is 6.56. The van der Waals surface area contributed by atoms with Gasteiger partial charge in [-0.2, -0.15) is 0 Å². The normalized spacial score (nSPS) is 19.7. The summed E-state index contributed by atoms with van der Waals surface area (Å²) in [5, 5.41) is 41.2. The molecule has 0 aliphatic carbocycles. The summed E-state index contributed by atoms with van der Waals surface area (Å²) in [5.74, 6) is -1.55. The summed E-state index contributed by atoms with van der Waals surface area (Å²) in [7, 11) is 0. The number of hydrogen-bond acceptors (Lipinski definition) is 7. The number of carboxylic acid groups (broad SMARTS) is 1. The standard InChI is InChI=1S/C25H28N4O5/c1-14-6-7-17(12-15(14)2)21-24(33)22(25(34)26-21)28-27-19-5-3-4-18(23(19)32)16-8-10-29(11-9-16)13-20(30)31/h3-7,12,16,21,32-33H,8-11,13H2,1-2H3,(H,26,34)(H,30,31). The molecular weight excluding hydrogens is 436 g/mol. The van der Waals surface area contributed by atoms with Gasteiger partial charge in [0.05, 0.1) is 6.54 Å². The third-order valence-electron chi connectivity index (χ3n) is 6.56. The molecule has 0 spiro atoms. The third kappa shape index (κ3) is 4.79. The maximum absolute atomic E-state index is 12.5. The fourth-order valence-electron chi connectivity index (χ4n) is 4.46. The van der Waals surface area contributed by atoms with Crippen molar-refractivity contribution < 1.29 is 24.9 Å². The molecule has 9 heteroatoms. The molecule has 1 atom stereocenters. The number of carboxylic acids is 1. The van der Waals surface area contributed by atoms with E-state index in [1.54, 1.807) is 12.1 Å². The van der Waals surface area contributed by atoms with Gasteiger partial charge in [0.1, 0.15) is 17.5 Å². The summed E-state index contributed by atoms with van der Waals surface area (Å²) in [4.78, 5) is 25.3. The number of aliphatic hydroxyl groups is 1. The Bertz CT molecular complexity index is 1180. The van der Waals surface area contributed by atoms with Gasteiger partial charge in [-0.25, -0.2) is 0 Å². The molecule has 1 unspecified atom stereocenters. The molecule has 1 amide bonds. The first-order valence-corrected chi connectivity index (χ1v) is 11.2. The molecule has 4 rings (SSSR count). The summed E-state index contributed by atoms with van der Waals surface area (Å²) < 4.78 is 0. The number of rotatable bonds is 6. The summed E-state index contributed by atoms with van der Waals surface area (Å²) in [6.07, 6.45) is 1.43. The number of aryl methyl sites for hydroxylation is 2. The summed E-state index contributed by atoms with van der Waals surface area (Å²) >= 11 is 0. The maximum atomic E-state index is 12.5. The van der Waals surface area contributed by atoms with E-state index < -0.39 is 17.9 Å². The van der Waals surface area contributed by atoms with E-state index in [1.807, 2.05) is 43.0 Å². The minimum Gasteiger partial charge on any atom is -0.507 e. The number of nitrogens with zero attached hydrogens (tertiary/aromatic N) is 3. The first kappa shape index (κ1) is 23.4. The Morgan fingerprint density at radius 3 is 2.50 bits per heavy atom. The molecule has 34 heavy (non-hydrogen) atoms. The van der Waals surface area contributed by atoms with Crippen LogP contribution in [0.3, 0.4) is 0 Å². The largest absolute Gasteiger partial charge is 0.507 e. The summed E-state index contributed by atoms with van der Waals surface area (Å²) in [6.45, 7) is 5.22. The molecule has 0 saturated carbocycles. The number of phenols is 1. The molecule has 2 aliphatic heterocycles. The number of aromatic hydroxyl groups is 1. The number of amides is 1. The van der Waals surface area contributed by atoms with Crippen LogP contribution < -0.4 is 5.32 Å². The van der Waals surface area contributed by atoms with Crippen LogP contribution in [-0.2, 0) is 9.59 Å². The topological polar surface area (TPSA) is 135 Å². The average Bonchev–Trinajstić information content (AvgIpc) is 3.08. The molecule has 9 nitrogen and oxygen atoms in total. The zero-order valence-corrected chi connectivity index (χ0v) is 19.2. The van der Waals surface area contributed by atoms with E-state index in [9.17, 15) is 19.8 Å². The molecule has 2 aromatic carbocycles. The SMILES string of the molecule is Cc1ccc(C2NC(=O)C(N=Nc3cccc(C4CCN(CC(=O)O)CC4)c3O)=C2O)cc1C. The maximum Gasteiger partial charge on any atom is 0.317 e. The molecule has 0 radical (unpaired) electrons. The van der Waals surface area contributed by atoms with Gasteiger partial charge in [0, 0.05) is 0 Å². The van der Waals surface area contributed by atoms with Gasteiger partial charge in [0.25, 0.3) is 5.91 Å². The molecule has 1 saturated heterocycles. The van der Waals surface area contributed by atoms with Crippen LogP contribution in [-0.4, -0.2) is 51.7 Å². The predicted molar refractivity (Wildman–Crippen MR) is 125 cm³/mol. The fraction of sp³-hybridized carbons (Fsp3) is 0.360. The van der Waals surface area contributed by atoms with Gasteiger partial charge < -0.3 is 20.6 Å². The second-order valence-electron chi connectivity index (χ2n) is 8.84. The van der Waals surface area contributed by atoms with Gasteiger partial charge in [-0.3, -0.25) is 14.5 Å².